The molecule has 6 nitrogen and oxygen atoms in total. The number of H-pyrrole nitrogens is 1. The lowest BCUT2D eigenvalue weighted by atomic mass is 10.0. The first kappa shape index (κ1) is 12.5. The maximum atomic E-state index is 12.1. The molecule has 2 heterocycles. The number of hydrogen-bond donors (Lipinski definition) is 3. The molecule has 18 heavy (non-hydrogen) atoms. The second kappa shape index (κ2) is 4.38. The molecule has 0 aliphatic carbocycles. The first-order valence-electron chi connectivity index (χ1n) is 5.71. The van der Waals surface area contributed by atoms with E-state index in [1.54, 1.807) is 33.2 Å². The number of nitrogens with zero attached hydrogens (tertiary/aromatic N) is 2. The first-order valence-corrected chi connectivity index (χ1v) is 5.71. The summed E-state index contributed by atoms with van der Waals surface area (Å²) in [6, 6.07) is -0.369. The number of aliphatic hydroxyl groups is 1. The van der Waals surface area contributed by atoms with Crippen LogP contribution in [0.2, 0.25) is 0 Å². The zero-order valence-electron chi connectivity index (χ0n) is 10.6. The van der Waals surface area contributed by atoms with Gasteiger partial charge in [-0.2, -0.15) is 0 Å². The minimum Gasteiger partial charge on any atom is -0.388 e. The van der Waals surface area contributed by atoms with Gasteiger partial charge in [0.05, 0.1) is 17.2 Å². The molecule has 3 N–H and O–H groups in total. The van der Waals surface area contributed by atoms with Crippen molar-refractivity contribution in [2.24, 2.45) is 0 Å². The number of aromatic nitrogens is 3. The maximum absolute atomic E-state index is 12.1. The Morgan fingerprint density at radius 3 is 2.78 bits per heavy atom. The molecule has 0 aromatic carbocycles. The molecule has 0 spiro atoms. The van der Waals surface area contributed by atoms with Gasteiger partial charge in [-0.1, -0.05) is 0 Å². The topological polar surface area (TPSA) is 90.9 Å². The van der Waals surface area contributed by atoms with Crippen LogP contribution in [0.15, 0.2) is 18.6 Å². The van der Waals surface area contributed by atoms with E-state index < -0.39 is 5.60 Å². The minimum atomic E-state index is -0.979. The van der Waals surface area contributed by atoms with Crippen LogP contribution < -0.4 is 5.32 Å². The Morgan fingerprint density at radius 2 is 2.11 bits per heavy atom. The molecular formula is C12H16N4O2. The molecule has 0 radical (unpaired) electrons. The zero-order valence-corrected chi connectivity index (χ0v) is 10.6. The highest BCUT2D eigenvalue weighted by Gasteiger charge is 2.25. The number of hydrogen-bond acceptors (Lipinski definition) is 4. The van der Waals surface area contributed by atoms with Crippen molar-refractivity contribution in [1.29, 1.82) is 0 Å². The molecule has 6 heteroatoms. The third-order valence-electron chi connectivity index (χ3n) is 2.96. The Bertz CT molecular complexity index is 571. The normalized spacial score (nSPS) is 13.6. The van der Waals surface area contributed by atoms with Crippen molar-refractivity contribution < 1.29 is 9.90 Å². The van der Waals surface area contributed by atoms with Crippen LogP contribution in [0.25, 0.3) is 11.2 Å². The molecule has 0 bridgehead atoms. The van der Waals surface area contributed by atoms with Crippen LogP contribution in [-0.2, 0) is 0 Å². The summed E-state index contributed by atoms with van der Waals surface area (Å²) in [6.45, 7) is 5.04. The third kappa shape index (κ3) is 2.33. The van der Waals surface area contributed by atoms with E-state index in [-0.39, 0.29) is 11.9 Å². The maximum Gasteiger partial charge on any atom is 0.255 e. The van der Waals surface area contributed by atoms with Crippen molar-refractivity contribution in [3.05, 3.63) is 24.2 Å². The van der Waals surface area contributed by atoms with E-state index in [1.807, 2.05) is 0 Å². The fraction of sp³-hybridized carbons (Fsp3) is 0.417. The fourth-order valence-electron chi connectivity index (χ4n) is 1.47. The van der Waals surface area contributed by atoms with Gasteiger partial charge in [-0.05, 0) is 20.8 Å². The predicted octanol–water partition coefficient (Wildman–Crippen LogP) is 0.847. The van der Waals surface area contributed by atoms with Gasteiger partial charge in [-0.3, -0.25) is 9.78 Å². The number of carbonyl (C=O) groups is 1. The summed E-state index contributed by atoms with van der Waals surface area (Å²) in [5.74, 6) is -0.281. The van der Waals surface area contributed by atoms with Crippen LogP contribution in [-0.4, -0.2) is 37.6 Å². The summed E-state index contributed by atoms with van der Waals surface area (Å²) >= 11 is 0. The van der Waals surface area contributed by atoms with Crippen molar-refractivity contribution >= 4 is 17.1 Å². The molecule has 0 aliphatic rings. The van der Waals surface area contributed by atoms with Gasteiger partial charge >= 0.3 is 0 Å². The molecule has 0 saturated heterocycles. The van der Waals surface area contributed by atoms with E-state index in [4.69, 9.17) is 0 Å². The van der Waals surface area contributed by atoms with Crippen molar-refractivity contribution in [3.8, 4) is 0 Å². The molecule has 0 fully saturated rings. The van der Waals surface area contributed by atoms with Crippen molar-refractivity contribution in [2.45, 2.75) is 32.4 Å². The van der Waals surface area contributed by atoms with Crippen LogP contribution in [0.4, 0.5) is 0 Å². The third-order valence-corrected chi connectivity index (χ3v) is 2.96. The van der Waals surface area contributed by atoms with Gasteiger partial charge in [-0.25, -0.2) is 4.98 Å². The Labute approximate surface area is 104 Å². The van der Waals surface area contributed by atoms with E-state index >= 15 is 0 Å². The highest BCUT2D eigenvalue weighted by Crippen LogP contribution is 2.14. The molecule has 0 unspecified atom stereocenters. The number of rotatable bonds is 3. The minimum absolute atomic E-state index is 0.281. The summed E-state index contributed by atoms with van der Waals surface area (Å²) in [7, 11) is 0. The highest BCUT2D eigenvalue weighted by atomic mass is 16.3. The highest BCUT2D eigenvalue weighted by molar-refractivity contribution is 6.04. The second-order valence-electron chi connectivity index (χ2n) is 4.80. The fourth-order valence-corrected chi connectivity index (χ4v) is 1.47. The van der Waals surface area contributed by atoms with E-state index in [0.717, 1.165) is 0 Å². The van der Waals surface area contributed by atoms with E-state index in [2.05, 4.69) is 20.3 Å². The Morgan fingerprint density at radius 1 is 1.44 bits per heavy atom. The molecule has 2 rings (SSSR count). The molecular weight excluding hydrogens is 232 g/mol. The summed E-state index contributed by atoms with van der Waals surface area (Å²) in [5, 5.41) is 12.5. The van der Waals surface area contributed by atoms with Crippen LogP contribution in [0, 0.1) is 0 Å². The van der Waals surface area contributed by atoms with Gasteiger partial charge in [-0.15, -0.1) is 0 Å². The van der Waals surface area contributed by atoms with Gasteiger partial charge in [0.1, 0.15) is 5.52 Å². The molecule has 1 atom stereocenters. The van der Waals surface area contributed by atoms with Gasteiger partial charge in [0.15, 0.2) is 5.65 Å². The van der Waals surface area contributed by atoms with Gasteiger partial charge in [0.25, 0.3) is 5.91 Å². The van der Waals surface area contributed by atoms with Crippen LogP contribution in [0.5, 0.6) is 0 Å². The average Bonchev–Trinajstić information content (AvgIpc) is 2.71. The van der Waals surface area contributed by atoms with Crippen LogP contribution in [0.3, 0.4) is 0 Å². The Balaban J connectivity index is 2.24. The monoisotopic (exact) mass is 248 g/mol. The SMILES string of the molecule is C[C@H](NC(=O)c1c[nH]c2nccnc12)C(C)(C)O. The number of fused-ring (bicyclic) bond motifs is 1. The smallest absolute Gasteiger partial charge is 0.255 e. The molecule has 96 valence electrons. The molecule has 0 aliphatic heterocycles. The summed E-state index contributed by atoms with van der Waals surface area (Å²) < 4.78 is 0. The van der Waals surface area contributed by atoms with E-state index in [0.29, 0.717) is 16.7 Å². The van der Waals surface area contributed by atoms with E-state index in [9.17, 15) is 9.90 Å². The lowest BCUT2D eigenvalue weighted by Crippen LogP contribution is -2.47. The standard InChI is InChI=1S/C12H16N4O2/c1-7(12(2,3)18)16-11(17)8-6-15-10-9(8)13-4-5-14-10/h4-7,18H,1-3H3,(H,14,15)(H,16,17)/t7-/m0/s1. The summed E-state index contributed by atoms with van der Waals surface area (Å²) in [6.07, 6.45) is 4.66. The predicted molar refractivity (Wildman–Crippen MR) is 67.1 cm³/mol. The van der Waals surface area contributed by atoms with E-state index in [1.165, 1.54) is 6.20 Å². The molecule has 1 amide bonds. The Kier molecular flexibility index (Phi) is 3.04. The van der Waals surface area contributed by atoms with Crippen LogP contribution >= 0.6 is 0 Å². The zero-order chi connectivity index (χ0) is 13.3. The lowest BCUT2D eigenvalue weighted by Gasteiger charge is -2.26. The molecule has 2 aromatic rings. The average molecular weight is 248 g/mol. The lowest BCUT2D eigenvalue weighted by molar-refractivity contribution is 0.0409. The number of amides is 1. The van der Waals surface area contributed by atoms with Crippen LogP contribution in [0.1, 0.15) is 31.1 Å². The number of nitrogens with one attached hydrogen (secondary N) is 2. The summed E-state index contributed by atoms with van der Waals surface area (Å²) in [4.78, 5) is 23.1. The first-order chi connectivity index (χ1) is 8.39. The molecule has 0 saturated carbocycles. The van der Waals surface area contributed by atoms with Gasteiger partial charge < -0.3 is 15.4 Å². The van der Waals surface area contributed by atoms with Gasteiger partial charge in [0, 0.05) is 18.6 Å². The van der Waals surface area contributed by atoms with Crippen molar-refractivity contribution in [3.63, 3.8) is 0 Å². The number of carbonyl (C=O) groups excluding carboxylic acids is 1. The largest absolute Gasteiger partial charge is 0.388 e. The van der Waals surface area contributed by atoms with Crippen molar-refractivity contribution in [1.82, 2.24) is 20.3 Å². The Hall–Kier alpha value is -1.95. The summed E-state index contributed by atoms with van der Waals surface area (Å²) in [5.41, 5.74) is 0.540. The van der Waals surface area contributed by atoms with Gasteiger partial charge in [0.2, 0.25) is 0 Å². The second-order valence-corrected chi connectivity index (χ2v) is 4.80. The molecule has 2 aromatic heterocycles. The quantitative estimate of drug-likeness (QED) is 0.751. The number of aromatic amines is 1. The van der Waals surface area contributed by atoms with Crippen molar-refractivity contribution in [2.75, 3.05) is 0 Å².